The molecule has 1 aliphatic rings. The molecule has 0 spiro atoms. The van der Waals surface area contributed by atoms with E-state index in [0.717, 1.165) is 38.9 Å². The fourth-order valence-electron chi connectivity index (χ4n) is 3.63. The van der Waals surface area contributed by atoms with Crippen LogP contribution in [0, 0.1) is 0 Å². The van der Waals surface area contributed by atoms with Crippen molar-refractivity contribution >= 4 is 10.9 Å². The molecule has 0 radical (unpaired) electrons. The first-order valence-corrected chi connectivity index (χ1v) is 9.08. The molecule has 5 nitrogen and oxygen atoms in total. The summed E-state index contributed by atoms with van der Waals surface area (Å²) in [5.41, 5.74) is 2.56. The third-order valence-corrected chi connectivity index (χ3v) is 4.94. The molecule has 0 saturated carbocycles. The van der Waals surface area contributed by atoms with E-state index >= 15 is 0 Å². The molecule has 2 N–H and O–H groups in total. The predicted octanol–water partition coefficient (Wildman–Crippen LogP) is 3.21. The summed E-state index contributed by atoms with van der Waals surface area (Å²) < 4.78 is 2.35. The first kappa shape index (κ1) is 15.4. The van der Waals surface area contributed by atoms with Crippen molar-refractivity contribution in [2.75, 3.05) is 6.54 Å². The SMILES string of the molecule is c1cc(CNCCCc2nnc3n2CCCCC3)c2cc[nH]c2c1. The van der Waals surface area contributed by atoms with Gasteiger partial charge in [-0.3, -0.25) is 0 Å². The zero-order valence-electron chi connectivity index (χ0n) is 14.1. The van der Waals surface area contributed by atoms with E-state index in [4.69, 9.17) is 0 Å². The summed E-state index contributed by atoms with van der Waals surface area (Å²) in [6.45, 7) is 3.01. The lowest BCUT2D eigenvalue weighted by atomic mass is 10.1. The number of aromatic nitrogens is 4. The van der Waals surface area contributed by atoms with Crippen LogP contribution in [-0.4, -0.2) is 26.3 Å². The van der Waals surface area contributed by atoms with Gasteiger partial charge in [-0.1, -0.05) is 18.6 Å². The van der Waals surface area contributed by atoms with E-state index in [2.05, 4.69) is 49.3 Å². The zero-order chi connectivity index (χ0) is 16.2. The monoisotopic (exact) mass is 323 g/mol. The quantitative estimate of drug-likeness (QED) is 0.685. The summed E-state index contributed by atoms with van der Waals surface area (Å²) in [6.07, 6.45) is 9.03. The third kappa shape index (κ3) is 3.22. The Morgan fingerprint density at radius 1 is 1.12 bits per heavy atom. The number of aromatic amines is 1. The Morgan fingerprint density at radius 3 is 3.12 bits per heavy atom. The number of nitrogens with one attached hydrogen (secondary N) is 2. The molecule has 0 fully saturated rings. The number of aryl methyl sites for hydroxylation is 2. The second-order valence-electron chi connectivity index (χ2n) is 6.63. The Balaban J connectivity index is 1.28. The van der Waals surface area contributed by atoms with Crippen LogP contribution in [0.3, 0.4) is 0 Å². The van der Waals surface area contributed by atoms with E-state index in [9.17, 15) is 0 Å². The number of nitrogens with zero attached hydrogens (tertiary/aromatic N) is 3. The molecule has 24 heavy (non-hydrogen) atoms. The highest BCUT2D eigenvalue weighted by molar-refractivity contribution is 5.82. The lowest BCUT2D eigenvalue weighted by Gasteiger charge is -2.08. The van der Waals surface area contributed by atoms with Gasteiger partial charge in [-0.25, -0.2) is 0 Å². The highest BCUT2D eigenvalue weighted by atomic mass is 15.3. The van der Waals surface area contributed by atoms with Gasteiger partial charge in [0, 0.05) is 43.0 Å². The van der Waals surface area contributed by atoms with Crippen LogP contribution in [-0.2, 0) is 25.9 Å². The lowest BCUT2D eigenvalue weighted by Crippen LogP contribution is -2.16. The maximum absolute atomic E-state index is 4.41. The second-order valence-corrected chi connectivity index (χ2v) is 6.63. The van der Waals surface area contributed by atoms with Gasteiger partial charge in [0.25, 0.3) is 0 Å². The van der Waals surface area contributed by atoms with Crippen molar-refractivity contribution in [1.82, 2.24) is 25.1 Å². The van der Waals surface area contributed by atoms with E-state index < -0.39 is 0 Å². The van der Waals surface area contributed by atoms with Crippen molar-refractivity contribution in [2.24, 2.45) is 0 Å². The average molecular weight is 323 g/mol. The van der Waals surface area contributed by atoms with Gasteiger partial charge < -0.3 is 14.9 Å². The molecule has 5 heteroatoms. The van der Waals surface area contributed by atoms with E-state index in [1.807, 2.05) is 6.20 Å². The molecule has 0 unspecified atom stereocenters. The molecule has 0 saturated heterocycles. The Bertz CT molecular complexity index is 801. The number of H-pyrrole nitrogens is 1. The molecule has 3 heterocycles. The van der Waals surface area contributed by atoms with Crippen molar-refractivity contribution in [3.8, 4) is 0 Å². The van der Waals surface area contributed by atoms with Crippen molar-refractivity contribution < 1.29 is 0 Å². The molecular formula is C19H25N5. The molecule has 3 aromatic rings. The van der Waals surface area contributed by atoms with Gasteiger partial charge in [0.05, 0.1) is 0 Å². The standard InChI is InChI=1S/C19H25N5/c1-2-8-18-22-23-19(24(18)13-3-1)9-5-11-20-14-15-6-4-7-17-16(15)10-12-21-17/h4,6-7,10,12,20-21H,1-3,5,8-9,11,13-14H2. The fourth-order valence-corrected chi connectivity index (χ4v) is 3.63. The van der Waals surface area contributed by atoms with Crippen molar-refractivity contribution in [3.05, 3.63) is 47.7 Å². The summed E-state index contributed by atoms with van der Waals surface area (Å²) in [5.74, 6) is 2.36. The number of rotatable bonds is 6. The molecule has 0 atom stereocenters. The topological polar surface area (TPSA) is 58.5 Å². The molecule has 2 aromatic heterocycles. The minimum absolute atomic E-state index is 0.910. The first-order chi connectivity index (χ1) is 11.9. The minimum Gasteiger partial charge on any atom is -0.361 e. The molecular weight excluding hydrogens is 298 g/mol. The Morgan fingerprint density at radius 2 is 2.12 bits per heavy atom. The average Bonchev–Trinajstić information content (AvgIpc) is 3.16. The molecule has 0 bridgehead atoms. The van der Waals surface area contributed by atoms with Crippen LogP contribution < -0.4 is 5.32 Å². The van der Waals surface area contributed by atoms with Gasteiger partial charge in [0.15, 0.2) is 0 Å². The molecule has 0 amide bonds. The molecule has 126 valence electrons. The van der Waals surface area contributed by atoms with Gasteiger partial charge in [-0.05, 0) is 43.5 Å². The second kappa shape index (κ2) is 7.18. The van der Waals surface area contributed by atoms with Gasteiger partial charge in [0.2, 0.25) is 0 Å². The Kier molecular flexibility index (Phi) is 4.60. The van der Waals surface area contributed by atoms with Crippen LogP contribution in [0.25, 0.3) is 10.9 Å². The van der Waals surface area contributed by atoms with Crippen molar-refractivity contribution in [2.45, 2.75) is 51.6 Å². The Labute approximate surface area is 142 Å². The van der Waals surface area contributed by atoms with E-state index in [1.54, 1.807) is 0 Å². The van der Waals surface area contributed by atoms with Gasteiger partial charge in [-0.2, -0.15) is 0 Å². The van der Waals surface area contributed by atoms with Crippen LogP contribution in [0.2, 0.25) is 0 Å². The van der Waals surface area contributed by atoms with E-state index in [-0.39, 0.29) is 0 Å². The summed E-state index contributed by atoms with van der Waals surface area (Å²) in [7, 11) is 0. The highest BCUT2D eigenvalue weighted by Gasteiger charge is 2.13. The lowest BCUT2D eigenvalue weighted by molar-refractivity contribution is 0.582. The number of hydrogen-bond acceptors (Lipinski definition) is 3. The largest absolute Gasteiger partial charge is 0.361 e. The van der Waals surface area contributed by atoms with Crippen molar-refractivity contribution in [3.63, 3.8) is 0 Å². The molecule has 4 rings (SSSR count). The van der Waals surface area contributed by atoms with Gasteiger partial charge in [0.1, 0.15) is 11.6 Å². The number of hydrogen-bond donors (Lipinski definition) is 2. The van der Waals surface area contributed by atoms with E-state index in [0.29, 0.717) is 0 Å². The third-order valence-electron chi connectivity index (χ3n) is 4.94. The van der Waals surface area contributed by atoms with Crippen LogP contribution in [0.1, 0.15) is 42.9 Å². The Hall–Kier alpha value is -2.14. The smallest absolute Gasteiger partial charge is 0.133 e. The van der Waals surface area contributed by atoms with Crippen LogP contribution in [0.15, 0.2) is 30.5 Å². The maximum Gasteiger partial charge on any atom is 0.133 e. The predicted molar refractivity (Wildman–Crippen MR) is 95.9 cm³/mol. The fraction of sp³-hybridized carbons (Fsp3) is 0.474. The van der Waals surface area contributed by atoms with Gasteiger partial charge in [-0.15, -0.1) is 10.2 Å². The first-order valence-electron chi connectivity index (χ1n) is 9.08. The number of benzene rings is 1. The minimum atomic E-state index is 0.910. The van der Waals surface area contributed by atoms with Crippen LogP contribution in [0.5, 0.6) is 0 Å². The molecule has 1 aromatic carbocycles. The highest BCUT2D eigenvalue weighted by Crippen LogP contribution is 2.17. The van der Waals surface area contributed by atoms with E-state index in [1.165, 1.54) is 47.4 Å². The van der Waals surface area contributed by atoms with Crippen molar-refractivity contribution in [1.29, 1.82) is 0 Å². The zero-order valence-corrected chi connectivity index (χ0v) is 14.1. The molecule has 1 aliphatic heterocycles. The summed E-state index contributed by atoms with van der Waals surface area (Å²) >= 11 is 0. The normalized spacial score (nSPS) is 14.7. The maximum atomic E-state index is 4.41. The summed E-state index contributed by atoms with van der Waals surface area (Å²) in [6, 6.07) is 8.58. The summed E-state index contributed by atoms with van der Waals surface area (Å²) in [4.78, 5) is 3.27. The molecule has 0 aliphatic carbocycles. The summed E-state index contributed by atoms with van der Waals surface area (Å²) in [5, 5.41) is 13.7. The number of fused-ring (bicyclic) bond motifs is 2. The van der Waals surface area contributed by atoms with Crippen LogP contribution >= 0.6 is 0 Å². The van der Waals surface area contributed by atoms with Crippen LogP contribution in [0.4, 0.5) is 0 Å². The van der Waals surface area contributed by atoms with Gasteiger partial charge >= 0.3 is 0 Å².